The zero-order chi connectivity index (χ0) is 15.4. The molecule has 0 saturated carbocycles. The zero-order valence-electron chi connectivity index (χ0n) is 12.1. The average molecular weight is 337 g/mol. The fourth-order valence-electron chi connectivity index (χ4n) is 2.30. The Balaban J connectivity index is 0.00000242. The quantitative estimate of drug-likeness (QED) is 0.850. The highest BCUT2D eigenvalue weighted by Crippen LogP contribution is 2.30. The molecule has 0 aromatic heterocycles. The molecule has 1 heterocycles. The fourth-order valence-corrected chi connectivity index (χ4v) is 2.30. The van der Waals surface area contributed by atoms with Crippen LogP contribution in [-0.4, -0.2) is 38.3 Å². The molecular weight excluding hydrogens is 318 g/mol. The van der Waals surface area contributed by atoms with Crippen molar-refractivity contribution in [2.45, 2.75) is 24.6 Å². The monoisotopic (exact) mass is 336 g/mol. The fraction of sp³-hybridized carbons (Fsp3) is 0.500. The number of amides is 1. The Morgan fingerprint density at radius 2 is 2.23 bits per heavy atom. The molecular formula is C14H19ClF2N2O3. The summed E-state index contributed by atoms with van der Waals surface area (Å²) >= 11 is 0. The summed E-state index contributed by atoms with van der Waals surface area (Å²) in [6, 6.07) is 2.47. The lowest BCUT2D eigenvalue weighted by atomic mass is 10.0. The van der Waals surface area contributed by atoms with E-state index in [1.54, 1.807) is 0 Å². The molecule has 0 bridgehead atoms. The number of carbonyl (C=O) groups excluding carboxylic acids is 1. The summed E-state index contributed by atoms with van der Waals surface area (Å²) in [6.07, 6.45) is 0.0635. The third-order valence-electron chi connectivity index (χ3n) is 3.37. The molecule has 1 amide bonds. The second-order valence-corrected chi connectivity index (χ2v) is 4.93. The number of hydrogen-bond acceptors (Lipinski definition) is 4. The SMILES string of the molecule is COCC(N)C(=O)NC1CCOC1c1ccc(F)c(F)c1.Cl. The highest BCUT2D eigenvalue weighted by molar-refractivity contribution is 5.85. The standard InChI is InChI=1S/C14H18F2N2O3.ClH/c1-20-7-11(17)14(19)18-12-4-5-21-13(12)8-2-3-9(15)10(16)6-8;/h2-3,6,11-13H,4-5,7,17H2,1H3,(H,18,19);1H. The number of nitrogens with two attached hydrogens (primary N) is 1. The molecule has 1 aliphatic heterocycles. The van der Waals surface area contributed by atoms with Crippen LogP contribution in [0.5, 0.6) is 0 Å². The van der Waals surface area contributed by atoms with Crippen LogP contribution in [0.2, 0.25) is 0 Å². The van der Waals surface area contributed by atoms with Gasteiger partial charge >= 0.3 is 0 Å². The van der Waals surface area contributed by atoms with Gasteiger partial charge in [-0.3, -0.25) is 4.79 Å². The summed E-state index contributed by atoms with van der Waals surface area (Å²) in [5.74, 6) is -2.22. The molecule has 3 atom stereocenters. The van der Waals surface area contributed by atoms with Gasteiger partial charge in [0.25, 0.3) is 0 Å². The van der Waals surface area contributed by atoms with E-state index in [-0.39, 0.29) is 31.0 Å². The maximum Gasteiger partial charge on any atom is 0.239 e. The number of hydrogen-bond donors (Lipinski definition) is 2. The molecule has 22 heavy (non-hydrogen) atoms. The molecule has 1 aromatic rings. The first-order valence-corrected chi connectivity index (χ1v) is 6.64. The number of ether oxygens (including phenoxy) is 2. The van der Waals surface area contributed by atoms with E-state index in [2.05, 4.69) is 5.32 Å². The predicted octanol–water partition coefficient (Wildman–Crippen LogP) is 1.31. The number of rotatable bonds is 5. The Morgan fingerprint density at radius 3 is 2.86 bits per heavy atom. The lowest BCUT2D eigenvalue weighted by Crippen LogP contribution is -2.48. The van der Waals surface area contributed by atoms with Gasteiger partial charge in [0.15, 0.2) is 11.6 Å². The van der Waals surface area contributed by atoms with Crippen LogP contribution in [0, 0.1) is 11.6 Å². The van der Waals surface area contributed by atoms with Crippen molar-refractivity contribution in [3.63, 3.8) is 0 Å². The Morgan fingerprint density at radius 1 is 1.50 bits per heavy atom. The van der Waals surface area contributed by atoms with Crippen LogP contribution in [0.3, 0.4) is 0 Å². The van der Waals surface area contributed by atoms with Crippen molar-refractivity contribution in [2.24, 2.45) is 5.73 Å². The van der Waals surface area contributed by atoms with Gasteiger partial charge < -0.3 is 20.5 Å². The minimum atomic E-state index is -0.941. The second kappa shape index (κ2) is 8.38. The van der Waals surface area contributed by atoms with E-state index in [4.69, 9.17) is 15.2 Å². The van der Waals surface area contributed by atoms with Gasteiger partial charge in [-0.2, -0.15) is 0 Å². The van der Waals surface area contributed by atoms with Gasteiger partial charge in [0, 0.05) is 13.7 Å². The van der Waals surface area contributed by atoms with E-state index in [9.17, 15) is 13.6 Å². The molecule has 0 aliphatic carbocycles. The van der Waals surface area contributed by atoms with Crippen molar-refractivity contribution in [1.29, 1.82) is 0 Å². The van der Waals surface area contributed by atoms with E-state index in [1.807, 2.05) is 0 Å². The van der Waals surface area contributed by atoms with E-state index in [0.29, 0.717) is 18.6 Å². The lowest BCUT2D eigenvalue weighted by molar-refractivity contribution is -0.124. The van der Waals surface area contributed by atoms with E-state index >= 15 is 0 Å². The van der Waals surface area contributed by atoms with Crippen LogP contribution >= 0.6 is 12.4 Å². The first kappa shape index (κ1) is 18.8. The van der Waals surface area contributed by atoms with Crippen molar-refractivity contribution < 1.29 is 23.0 Å². The molecule has 0 radical (unpaired) electrons. The number of methoxy groups -OCH3 is 1. The smallest absolute Gasteiger partial charge is 0.239 e. The van der Waals surface area contributed by atoms with Gasteiger partial charge in [-0.05, 0) is 24.1 Å². The number of halogens is 3. The highest BCUT2D eigenvalue weighted by atomic mass is 35.5. The summed E-state index contributed by atoms with van der Waals surface area (Å²) in [6.45, 7) is 0.531. The normalized spacial score (nSPS) is 22.0. The summed E-state index contributed by atoms with van der Waals surface area (Å²) in [7, 11) is 1.45. The zero-order valence-corrected chi connectivity index (χ0v) is 12.9. The molecule has 124 valence electrons. The maximum atomic E-state index is 13.3. The van der Waals surface area contributed by atoms with Gasteiger partial charge in [0.05, 0.1) is 12.6 Å². The highest BCUT2D eigenvalue weighted by Gasteiger charge is 2.32. The topological polar surface area (TPSA) is 73.6 Å². The first-order valence-electron chi connectivity index (χ1n) is 6.64. The van der Waals surface area contributed by atoms with Crippen LogP contribution in [-0.2, 0) is 14.3 Å². The third kappa shape index (κ3) is 4.36. The summed E-state index contributed by atoms with van der Waals surface area (Å²) < 4.78 is 36.6. The van der Waals surface area contributed by atoms with E-state index in [0.717, 1.165) is 12.1 Å². The molecule has 3 N–H and O–H groups in total. The molecule has 1 fully saturated rings. The van der Waals surface area contributed by atoms with Crippen molar-refractivity contribution in [2.75, 3.05) is 20.3 Å². The maximum absolute atomic E-state index is 13.3. The first-order chi connectivity index (χ1) is 10.0. The van der Waals surface area contributed by atoms with Gasteiger partial charge in [-0.1, -0.05) is 6.07 Å². The molecule has 1 aliphatic rings. The Labute approximate surface area is 133 Å². The van der Waals surface area contributed by atoms with Gasteiger partial charge in [0.2, 0.25) is 5.91 Å². The molecule has 0 spiro atoms. The van der Waals surface area contributed by atoms with E-state index in [1.165, 1.54) is 13.2 Å². The molecule has 3 unspecified atom stereocenters. The minimum Gasteiger partial charge on any atom is -0.383 e. The minimum absolute atomic E-state index is 0. The lowest BCUT2D eigenvalue weighted by Gasteiger charge is -2.22. The van der Waals surface area contributed by atoms with Crippen LogP contribution < -0.4 is 11.1 Å². The third-order valence-corrected chi connectivity index (χ3v) is 3.37. The predicted molar refractivity (Wildman–Crippen MR) is 78.7 cm³/mol. The largest absolute Gasteiger partial charge is 0.383 e. The number of nitrogens with one attached hydrogen (secondary N) is 1. The molecule has 5 nitrogen and oxygen atoms in total. The Bertz CT molecular complexity index is 519. The van der Waals surface area contributed by atoms with Crippen molar-refractivity contribution in [3.8, 4) is 0 Å². The van der Waals surface area contributed by atoms with Crippen molar-refractivity contribution >= 4 is 18.3 Å². The van der Waals surface area contributed by atoms with Crippen LogP contribution in [0.25, 0.3) is 0 Å². The summed E-state index contributed by atoms with van der Waals surface area (Å²) in [4.78, 5) is 11.9. The van der Waals surface area contributed by atoms with Crippen LogP contribution in [0.15, 0.2) is 18.2 Å². The van der Waals surface area contributed by atoms with Crippen LogP contribution in [0.1, 0.15) is 18.1 Å². The second-order valence-electron chi connectivity index (χ2n) is 4.93. The van der Waals surface area contributed by atoms with Crippen molar-refractivity contribution in [3.05, 3.63) is 35.4 Å². The Kier molecular flexibility index (Phi) is 7.15. The Hall–Kier alpha value is -1.28. The number of carbonyl (C=O) groups is 1. The molecule has 1 aromatic carbocycles. The van der Waals surface area contributed by atoms with Crippen LogP contribution in [0.4, 0.5) is 8.78 Å². The summed E-state index contributed by atoms with van der Waals surface area (Å²) in [5.41, 5.74) is 6.13. The van der Waals surface area contributed by atoms with E-state index < -0.39 is 23.8 Å². The average Bonchev–Trinajstić information content (AvgIpc) is 2.90. The van der Waals surface area contributed by atoms with Gasteiger partial charge in [-0.25, -0.2) is 8.78 Å². The molecule has 2 rings (SSSR count). The van der Waals surface area contributed by atoms with Crippen molar-refractivity contribution in [1.82, 2.24) is 5.32 Å². The van der Waals surface area contributed by atoms with Gasteiger partial charge in [-0.15, -0.1) is 12.4 Å². The molecule has 1 saturated heterocycles. The molecule has 8 heteroatoms. The summed E-state index contributed by atoms with van der Waals surface area (Å²) in [5, 5.41) is 2.76. The van der Waals surface area contributed by atoms with Gasteiger partial charge in [0.1, 0.15) is 12.1 Å². The number of benzene rings is 1.